The van der Waals surface area contributed by atoms with E-state index in [9.17, 15) is 4.79 Å². The van der Waals surface area contributed by atoms with Gasteiger partial charge in [-0.3, -0.25) is 4.79 Å². The first-order chi connectivity index (χ1) is 10.2. The smallest absolute Gasteiger partial charge is 0.167 e. The van der Waals surface area contributed by atoms with Gasteiger partial charge in [0.25, 0.3) is 0 Å². The lowest BCUT2D eigenvalue weighted by atomic mass is 9.73. The number of hydrogen-bond donors (Lipinski definition) is 0. The van der Waals surface area contributed by atoms with E-state index >= 15 is 0 Å². The van der Waals surface area contributed by atoms with E-state index in [2.05, 4.69) is 34.6 Å². The van der Waals surface area contributed by atoms with E-state index in [1.54, 1.807) is 0 Å². The fraction of sp³-hybridized carbons (Fsp3) is 0.474. The van der Waals surface area contributed by atoms with Crippen molar-refractivity contribution in [2.75, 3.05) is 0 Å². The summed E-state index contributed by atoms with van der Waals surface area (Å²) in [7, 11) is 0. The molecule has 0 aliphatic heterocycles. The highest BCUT2D eigenvalue weighted by Crippen LogP contribution is 2.39. The summed E-state index contributed by atoms with van der Waals surface area (Å²) in [5, 5.41) is 4.85. The second-order valence-electron chi connectivity index (χ2n) is 8.11. The number of para-hydroxylation sites is 1. The van der Waals surface area contributed by atoms with Gasteiger partial charge >= 0.3 is 0 Å². The minimum Gasteiger partial charge on any atom is -0.294 e. The normalized spacial score (nSPS) is 17.4. The zero-order chi connectivity index (χ0) is 16.1. The Labute approximate surface area is 132 Å². The maximum Gasteiger partial charge on any atom is 0.167 e. The monoisotopic (exact) mass is 296 g/mol. The third-order valence-electron chi connectivity index (χ3n) is 4.26. The number of carbonyl (C=O) groups is 1. The zero-order valence-electron chi connectivity index (χ0n) is 14.1. The Hall–Kier alpha value is -1.90. The van der Waals surface area contributed by atoms with Crippen molar-refractivity contribution in [2.45, 2.75) is 52.9 Å². The van der Waals surface area contributed by atoms with Crippen molar-refractivity contribution in [3.05, 3.63) is 47.3 Å². The molecule has 0 atom stereocenters. The molecule has 0 bridgehead atoms. The van der Waals surface area contributed by atoms with Gasteiger partial charge in [-0.05, 0) is 24.0 Å². The minimum absolute atomic E-state index is 0.00813. The highest BCUT2D eigenvalue weighted by Gasteiger charge is 2.39. The van der Waals surface area contributed by atoms with Gasteiger partial charge in [-0.1, -0.05) is 52.8 Å². The van der Waals surface area contributed by atoms with E-state index in [1.165, 1.54) is 0 Å². The summed E-state index contributed by atoms with van der Waals surface area (Å²) in [6.45, 7) is 10.7. The van der Waals surface area contributed by atoms with Crippen LogP contribution in [0.2, 0.25) is 0 Å². The molecule has 0 N–H and O–H groups in total. The minimum atomic E-state index is -0.138. The van der Waals surface area contributed by atoms with Gasteiger partial charge in [-0.15, -0.1) is 0 Å². The number of rotatable bonds is 1. The molecule has 3 nitrogen and oxygen atoms in total. The lowest BCUT2D eigenvalue weighted by molar-refractivity contribution is 0.0908. The number of hydrogen-bond acceptors (Lipinski definition) is 2. The Morgan fingerprint density at radius 3 is 2.32 bits per heavy atom. The lowest BCUT2D eigenvalue weighted by Crippen LogP contribution is -2.29. The van der Waals surface area contributed by atoms with Crippen molar-refractivity contribution in [1.82, 2.24) is 9.78 Å². The summed E-state index contributed by atoms with van der Waals surface area (Å²) in [4.78, 5) is 12.8. The molecular formula is C19H24N2O. The van der Waals surface area contributed by atoms with Crippen molar-refractivity contribution in [3.8, 4) is 5.69 Å². The van der Waals surface area contributed by atoms with Crippen molar-refractivity contribution in [1.29, 1.82) is 0 Å². The summed E-state index contributed by atoms with van der Waals surface area (Å²) in [5.41, 5.74) is 3.73. The van der Waals surface area contributed by atoms with Gasteiger partial charge in [0, 0.05) is 11.8 Å². The van der Waals surface area contributed by atoms with Crippen LogP contribution in [-0.4, -0.2) is 15.6 Å². The molecule has 0 spiro atoms. The van der Waals surface area contributed by atoms with E-state index < -0.39 is 0 Å². The molecule has 3 heteroatoms. The van der Waals surface area contributed by atoms with Gasteiger partial charge in [0.15, 0.2) is 5.78 Å². The van der Waals surface area contributed by atoms with Crippen molar-refractivity contribution in [2.24, 2.45) is 5.41 Å². The summed E-state index contributed by atoms with van der Waals surface area (Å²) >= 11 is 0. The van der Waals surface area contributed by atoms with Crippen LogP contribution in [0.1, 0.15) is 62.8 Å². The number of Topliss-reactive ketones (excluding diaryl/α,β-unsaturated/α-hetero) is 1. The SMILES string of the molecule is CC1(C)CC(=O)c2c(C(C)(C)C)nn(-c3ccccc3)c2C1. The van der Waals surface area contributed by atoms with E-state index in [0.29, 0.717) is 6.42 Å². The number of fused-ring (bicyclic) bond motifs is 1. The van der Waals surface area contributed by atoms with Crippen LogP contribution in [0.15, 0.2) is 30.3 Å². The van der Waals surface area contributed by atoms with Crippen LogP contribution in [0.25, 0.3) is 5.69 Å². The third kappa shape index (κ3) is 2.49. The summed E-state index contributed by atoms with van der Waals surface area (Å²) in [5.74, 6) is 0.235. The maximum absolute atomic E-state index is 12.8. The highest BCUT2D eigenvalue weighted by atomic mass is 16.1. The van der Waals surface area contributed by atoms with Crippen molar-refractivity contribution >= 4 is 5.78 Å². The quantitative estimate of drug-likeness (QED) is 0.785. The molecule has 0 saturated heterocycles. The Morgan fingerprint density at radius 1 is 1.09 bits per heavy atom. The van der Waals surface area contributed by atoms with Crippen LogP contribution >= 0.6 is 0 Å². The summed E-state index contributed by atoms with van der Waals surface area (Å²) in [6.07, 6.45) is 1.48. The molecule has 2 aromatic rings. The zero-order valence-corrected chi connectivity index (χ0v) is 14.1. The fourth-order valence-electron chi connectivity index (χ4n) is 3.26. The third-order valence-corrected chi connectivity index (χ3v) is 4.26. The Kier molecular flexibility index (Phi) is 3.28. The molecule has 116 valence electrons. The van der Waals surface area contributed by atoms with Gasteiger partial charge in [0.05, 0.1) is 22.6 Å². The van der Waals surface area contributed by atoms with Crippen molar-refractivity contribution in [3.63, 3.8) is 0 Å². The van der Waals surface area contributed by atoms with Crippen LogP contribution < -0.4 is 0 Å². The summed E-state index contributed by atoms with van der Waals surface area (Å²) < 4.78 is 1.98. The van der Waals surface area contributed by atoms with Gasteiger partial charge in [-0.2, -0.15) is 5.10 Å². The molecular weight excluding hydrogens is 272 g/mol. The molecule has 1 aliphatic rings. The number of benzene rings is 1. The maximum atomic E-state index is 12.8. The standard InChI is InChI=1S/C19H24N2O/c1-18(2,3)17-16-14(11-19(4,5)12-15(16)22)21(20-17)13-9-7-6-8-10-13/h6-10H,11-12H2,1-5H3. The molecule has 1 aliphatic carbocycles. The van der Waals surface area contributed by atoms with Gasteiger partial charge in [0.1, 0.15) is 0 Å². The predicted molar refractivity (Wildman–Crippen MR) is 88.7 cm³/mol. The number of aromatic nitrogens is 2. The topological polar surface area (TPSA) is 34.9 Å². The lowest BCUT2D eigenvalue weighted by Gasteiger charge is -2.30. The first-order valence-corrected chi connectivity index (χ1v) is 7.90. The Balaban J connectivity index is 2.27. The molecule has 1 aromatic heterocycles. The Morgan fingerprint density at radius 2 is 1.73 bits per heavy atom. The molecule has 0 radical (unpaired) electrons. The highest BCUT2D eigenvalue weighted by molar-refractivity contribution is 6.00. The van der Waals surface area contributed by atoms with Crippen LogP contribution in [0.5, 0.6) is 0 Å². The first kappa shape index (κ1) is 15.0. The molecule has 0 amide bonds. The largest absolute Gasteiger partial charge is 0.294 e. The number of nitrogens with zero attached hydrogens (tertiary/aromatic N) is 2. The number of ketones is 1. The first-order valence-electron chi connectivity index (χ1n) is 7.90. The molecule has 0 unspecified atom stereocenters. The van der Waals surface area contributed by atoms with Crippen LogP contribution in [-0.2, 0) is 11.8 Å². The molecule has 1 heterocycles. The summed E-state index contributed by atoms with van der Waals surface area (Å²) in [6, 6.07) is 10.1. The second kappa shape index (κ2) is 4.80. The van der Waals surface area contributed by atoms with E-state index in [1.807, 2.05) is 35.0 Å². The van der Waals surface area contributed by atoms with Gasteiger partial charge < -0.3 is 0 Å². The van der Waals surface area contributed by atoms with E-state index in [0.717, 1.165) is 29.1 Å². The average Bonchev–Trinajstić information content (AvgIpc) is 2.77. The van der Waals surface area contributed by atoms with Crippen LogP contribution in [0.3, 0.4) is 0 Å². The fourth-order valence-corrected chi connectivity index (χ4v) is 3.26. The molecule has 22 heavy (non-hydrogen) atoms. The van der Waals surface area contributed by atoms with Crippen LogP contribution in [0, 0.1) is 5.41 Å². The van der Waals surface area contributed by atoms with Crippen molar-refractivity contribution < 1.29 is 4.79 Å². The second-order valence-corrected chi connectivity index (χ2v) is 8.11. The molecule has 3 rings (SSSR count). The average molecular weight is 296 g/mol. The van der Waals surface area contributed by atoms with E-state index in [4.69, 9.17) is 5.10 Å². The number of carbonyl (C=O) groups excluding carboxylic acids is 1. The molecule has 0 fully saturated rings. The van der Waals surface area contributed by atoms with E-state index in [-0.39, 0.29) is 16.6 Å². The predicted octanol–water partition coefficient (Wildman–Crippen LogP) is 4.32. The molecule has 1 aromatic carbocycles. The van der Waals surface area contributed by atoms with Crippen LogP contribution in [0.4, 0.5) is 0 Å². The molecule has 0 saturated carbocycles. The van der Waals surface area contributed by atoms with Gasteiger partial charge in [-0.25, -0.2) is 4.68 Å². The van der Waals surface area contributed by atoms with Gasteiger partial charge in [0.2, 0.25) is 0 Å². The Bertz CT molecular complexity index is 718.